The molecule has 8 nitrogen and oxygen atoms in total. The van der Waals surface area contributed by atoms with Crippen molar-refractivity contribution < 1.29 is 0 Å². The van der Waals surface area contributed by atoms with E-state index in [2.05, 4.69) is 34.7 Å². The van der Waals surface area contributed by atoms with Crippen LogP contribution in [-0.4, -0.2) is 53.9 Å². The molecule has 0 spiro atoms. The third kappa shape index (κ3) is 3.44. The van der Waals surface area contributed by atoms with Gasteiger partial charge in [-0.05, 0) is 31.2 Å². The lowest BCUT2D eigenvalue weighted by Crippen LogP contribution is -2.36. The number of piperidine rings is 1. The van der Waals surface area contributed by atoms with Crippen molar-refractivity contribution in [2.75, 3.05) is 24.2 Å². The summed E-state index contributed by atoms with van der Waals surface area (Å²) in [6, 6.07) is 3.91. The van der Waals surface area contributed by atoms with Gasteiger partial charge in [0, 0.05) is 44.6 Å². The van der Waals surface area contributed by atoms with Crippen molar-refractivity contribution in [3.05, 3.63) is 42.4 Å². The maximum Gasteiger partial charge on any atom is 0.189 e. The van der Waals surface area contributed by atoms with Gasteiger partial charge in [0.25, 0.3) is 0 Å². The van der Waals surface area contributed by atoms with E-state index in [0.717, 1.165) is 48.6 Å². The number of anilines is 1. The average molecular weight is 370 g/mol. The van der Waals surface area contributed by atoms with Gasteiger partial charge in [0.05, 0.1) is 0 Å². The second-order valence-electron chi connectivity index (χ2n) is 6.42. The van der Waals surface area contributed by atoms with Crippen LogP contribution in [0.4, 0.5) is 5.82 Å². The first-order chi connectivity index (χ1) is 12.7. The van der Waals surface area contributed by atoms with Crippen molar-refractivity contribution >= 4 is 17.6 Å². The minimum absolute atomic E-state index is 0.348. The first-order valence-corrected chi connectivity index (χ1v) is 9.94. The largest absolute Gasteiger partial charge is 0.356 e. The molecule has 1 saturated heterocycles. The van der Waals surface area contributed by atoms with Crippen LogP contribution in [0.15, 0.2) is 35.9 Å². The predicted octanol–water partition coefficient (Wildman–Crippen LogP) is 1.96. The van der Waals surface area contributed by atoms with Gasteiger partial charge in [-0.25, -0.2) is 9.97 Å². The quantitative estimate of drug-likeness (QED) is 0.502. The Hall–Kier alpha value is -2.42. The third-order valence-electron chi connectivity index (χ3n) is 4.77. The van der Waals surface area contributed by atoms with Crippen LogP contribution < -0.4 is 4.90 Å². The smallest absolute Gasteiger partial charge is 0.189 e. The molecule has 1 fully saturated rings. The Morgan fingerprint density at radius 3 is 3.00 bits per heavy atom. The molecule has 4 rings (SSSR count). The number of hydrogen-bond donors (Lipinski definition) is 0. The summed E-state index contributed by atoms with van der Waals surface area (Å²) in [6.07, 6.45) is 9.78. The molecule has 0 radical (unpaired) electrons. The first kappa shape index (κ1) is 17.0. The van der Waals surface area contributed by atoms with E-state index in [1.54, 1.807) is 18.0 Å². The highest BCUT2D eigenvalue weighted by atomic mass is 32.2. The lowest BCUT2D eigenvalue weighted by Gasteiger charge is -2.33. The van der Waals surface area contributed by atoms with Crippen LogP contribution in [0, 0.1) is 0 Å². The van der Waals surface area contributed by atoms with Gasteiger partial charge < -0.3 is 9.47 Å². The number of rotatable bonds is 5. The van der Waals surface area contributed by atoms with E-state index in [4.69, 9.17) is 0 Å². The van der Waals surface area contributed by atoms with E-state index in [9.17, 15) is 0 Å². The molecule has 26 heavy (non-hydrogen) atoms. The Morgan fingerprint density at radius 2 is 2.19 bits per heavy atom. The lowest BCUT2D eigenvalue weighted by atomic mass is 9.97. The Balaban J connectivity index is 1.52. The van der Waals surface area contributed by atoms with Crippen LogP contribution in [0.2, 0.25) is 0 Å². The summed E-state index contributed by atoms with van der Waals surface area (Å²) < 4.78 is 3.98. The van der Waals surface area contributed by atoms with Crippen molar-refractivity contribution in [3.8, 4) is 0 Å². The van der Waals surface area contributed by atoms with Crippen LogP contribution in [0.1, 0.15) is 30.4 Å². The van der Waals surface area contributed by atoms with Crippen LogP contribution in [0.3, 0.4) is 0 Å². The van der Waals surface area contributed by atoms with Crippen molar-refractivity contribution in [2.24, 2.45) is 7.05 Å². The zero-order valence-electron chi connectivity index (χ0n) is 15.0. The highest BCUT2D eigenvalue weighted by Crippen LogP contribution is 2.28. The fourth-order valence-corrected chi connectivity index (χ4v) is 3.76. The summed E-state index contributed by atoms with van der Waals surface area (Å²) in [4.78, 5) is 11.2. The Bertz CT molecular complexity index is 860. The Kier molecular flexibility index (Phi) is 4.87. The summed E-state index contributed by atoms with van der Waals surface area (Å²) in [5.41, 5.74) is 0. The van der Waals surface area contributed by atoms with Gasteiger partial charge in [0.2, 0.25) is 0 Å². The fraction of sp³-hybridized carbons (Fsp3) is 0.471. The summed E-state index contributed by atoms with van der Waals surface area (Å²) in [6.45, 7) is 2.55. The maximum absolute atomic E-state index is 4.64. The zero-order valence-corrected chi connectivity index (χ0v) is 15.8. The number of aromatic nitrogens is 7. The Morgan fingerprint density at radius 1 is 1.27 bits per heavy atom. The summed E-state index contributed by atoms with van der Waals surface area (Å²) in [5, 5.41) is 13.9. The average Bonchev–Trinajstić information content (AvgIpc) is 3.33. The van der Waals surface area contributed by atoms with E-state index in [-0.39, 0.29) is 0 Å². The van der Waals surface area contributed by atoms with Crippen molar-refractivity contribution in [1.29, 1.82) is 0 Å². The van der Waals surface area contributed by atoms with Gasteiger partial charge in [-0.3, -0.25) is 4.68 Å². The van der Waals surface area contributed by atoms with Crippen molar-refractivity contribution in [3.63, 3.8) is 0 Å². The minimum Gasteiger partial charge on any atom is -0.356 e. The van der Waals surface area contributed by atoms with Gasteiger partial charge in [-0.2, -0.15) is 5.10 Å². The molecule has 3 aromatic rings. The second-order valence-corrected chi connectivity index (χ2v) is 7.20. The molecule has 0 bridgehead atoms. The molecule has 0 saturated carbocycles. The second kappa shape index (κ2) is 7.45. The molecule has 1 unspecified atom stereocenters. The topological polar surface area (TPSA) is 77.5 Å². The highest BCUT2D eigenvalue weighted by Gasteiger charge is 2.27. The first-order valence-electron chi connectivity index (χ1n) is 8.72. The predicted molar refractivity (Wildman–Crippen MR) is 100 cm³/mol. The van der Waals surface area contributed by atoms with Gasteiger partial charge in [0.1, 0.15) is 18.2 Å². The van der Waals surface area contributed by atoms with E-state index >= 15 is 0 Å². The van der Waals surface area contributed by atoms with Crippen molar-refractivity contribution in [2.45, 2.75) is 30.5 Å². The van der Waals surface area contributed by atoms with E-state index in [1.165, 1.54) is 0 Å². The molecule has 1 aliphatic heterocycles. The van der Waals surface area contributed by atoms with Crippen LogP contribution in [-0.2, 0) is 13.6 Å². The molecule has 1 atom stereocenters. The van der Waals surface area contributed by atoms with Gasteiger partial charge in [-0.15, -0.1) is 10.2 Å². The molecule has 0 aliphatic carbocycles. The van der Waals surface area contributed by atoms with Crippen molar-refractivity contribution in [1.82, 2.24) is 34.5 Å². The molecule has 136 valence electrons. The minimum atomic E-state index is 0.348. The molecular weight excluding hydrogens is 348 g/mol. The maximum atomic E-state index is 4.64. The van der Waals surface area contributed by atoms with Crippen LogP contribution in [0.5, 0.6) is 0 Å². The summed E-state index contributed by atoms with van der Waals surface area (Å²) >= 11 is 1.57. The molecule has 1 aliphatic rings. The third-order valence-corrected chi connectivity index (χ3v) is 5.34. The molecule has 0 N–H and O–H groups in total. The molecule has 0 amide bonds. The molecule has 4 heterocycles. The summed E-state index contributed by atoms with van der Waals surface area (Å²) in [5.74, 6) is 3.30. The standard InChI is InChI=1S/C17H22N8S/c1-23-15(12-25-10-4-7-19-25)21-22-16(23)13-5-3-9-24(11-13)14-6-8-18-17(20-14)26-2/h4,6-8,10,13H,3,5,9,11-12H2,1-2H3. The van der Waals surface area contributed by atoms with Gasteiger partial charge in [0.15, 0.2) is 11.0 Å². The van der Waals surface area contributed by atoms with Gasteiger partial charge in [-0.1, -0.05) is 11.8 Å². The highest BCUT2D eigenvalue weighted by molar-refractivity contribution is 7.98. The number of thioether (sulfide) groups is 1. The van der Waals surface area contributed by atoms with E-state index in [0.29, 0.717) is 12.5 Å². The molecular formula is C17H22N8S. The SMILES string of the molecule is CSc1nccc(N2CCCC(c3nnc(Cn4cccn4)n3C)C2)n1. The monoisotopic (exact) mass is 370 g/mol. The Labute approximate surface area is 156 Å². The normalized spacial score (nSPS) is 17.6. The molecule has 3 aromatic heterocycles. The summed E-state index contributed by atoms with van der Waals surface area (Å²) in [7, 11) is 2.05. The zero-order chi connectivity index (χ0) is 17.9. The number of hydrogen-bond acceptors (Lipinski definition) is 7. The molecule has 9 heteroatoms. The lowest BCUT2D eigenvalue weighted by molar-refractivity contribution is 0.474. The van der Waals surface area contributed by atoms with Gasteiger partial charge >= 0.3 is 0 Å². The molecule has 0 aromatic carbocycles. The van der Waals surface area contributed by atoms with E-state index < -0.39 is 0 Å². The van der Waals surface area contributed by atoms with Crippen LogP contribution in [0.25, 0.3) is 0 Å². The fourth-order valence-electron chi connectivity index (χ4n) is 3.41. The number of nitrogens with zero attached hydrogens (tertiary/aromatic N) is 8. The van der Waals surface area contributed by atoms with Crippen LogP contribution >= 0.6 is 11.8 Å². The van der Waals surface area contributed by atoms with E-state index in [1.807, 2.05) is 42.5 Å².